The largest absolute Gasteiger partial charge is 0.481 e. The summed E-state index contributed by atoms with van der Waals surface area (Å²) in [4.78, 5) is 12.7. The van der Waals surface area contributed by atoms with E-state index < -0.39 is 5.97 Å². The fraction of sp³-hybridized carbons (Fsp3) is 0.357. The molecule has 0 amide bonds. The Morgan fingerprint density at radius 3 is 2.86 bits per heavy atom. The quantitative estimate of drug-likeness (QED) is 0.890. The minimum atomic E-state index is -0.742. The molecule has 6 nitrogen and oxygen atoms in total. The number of carboxylic acid groups (broad SMARTS) is 1. The maximum absolute atomic E-state index is 10.6. The average molecular weight is 352 g/mol. The Morgan fingerprint density at radius 2 is 2.14 bits per heavy atom. The van der Waals surface area contributed by atoms with Gasteiger partial charge in [0.1, 0.15) is 0 Å². The molecule has 1 fully saturated rings. The van der Waals surface area contributed by atoms with E-state index in [0.29, 0.717) is 18.3 Å². The topological polar surface area (TPSA) is 79.5 Å². The number of hydrogen-bond acceptors (Lipinski definition) is 5. The number of nitrogens with zero attached hydrogens (tertiary/aromatic N) is 3. The van der Waals surface area contributed by atoms with Gasteiger partial charge in [-0.1, -0.05) is 12.1 Å². The third kappa shape index (κ3) is 3.30. The fourth-order valence-corrected chi connectivity index (χ4v) is 2.89. The Hall–Kier alpha value is -1.73. The van der Waals surface area contributed by atoms with Crippen molar-refractivity contribution in [1.29, 1.82) is 0 Å². The number of aliphatic carboxylic acids is 1. The van der Waals surface area contributed by atoms with Crippen molar-refractivity contribution in [3.8, 4) is 11.5 Å². The average Bonchev–Trinajstić information content (AvgIpc) is 2.85. The minimum absolute atomic E-state index is 0.225. The second-order valence-electron chi connectivity index (χ2n) is 5.14. The molecule has 1 aliphatic heterocycles. The highest BCUT2D eigenvalue weighted by atomic mass is 79.9. The zero-order valence-electron chi connectivity index (χ0n) is 11.2. The molecule has 1 aliphatic rings. The third-order valence-corrected chi connectivity index (χ3v) is 4.12. The van der Waals surface area contributed by atoms with Gasteiger partial charge in [-0.05, 0) is 34.0 Å². The van der Waals surface area contributed by atoms with Gasteiger partial charge in [-0.2, -0.15) is 0 Å². The lowest BCUT2D eigenvalue weighted by Gasteiger charge is -2.37. The van der Waals surface area contributed by atoms with Crippen LogP contribution in [-0.4, -0.2) is 39.3 Å². The summed E-state index contributed by atoms with van der Waals surface area (Å²) >= 11 is 3.45. The third-order valence-electron chi connectivity index (χ3n) is 3.43. The number of halogens is 1. The first-order valence-electron chi connectivity index (χ1n) is 6.63. The van der Waals surface area contributed by atoms with Crippen molar-refractivity contribution in [3.63, 3.8) is 0 Å². The van der Waals surface area contributed by atoms with E-state index in [9.17, 15) is 4.79 Å². The molecule has 0 bridgehead atoms. The molecule has 0 atom stereocenters. The lowest BCUT2D eigenvalue weighted by Crippen LogP contribution is -2.46. The SMILES string of the molecule is O=C(O)CC1CN(Cc2nnc(-c3ccccc3Br)o2)C1. The number of hydrogen-bond donors (Lipinski definition) is 1. The monoisotopic (exact) mass is 351 g/mol. The standard InChI is InChI=1S/C14H14BrN3O3/c15-11-4-2-1-3-10(11)14-17-16-12(21-14)8-18-6-9(7-18)5-13(19)20/h1-4,9H,5-8H2,(H,19,20). The van der Waals surface area contributed by atoms with Crippen molar-refractivity contribution in [1.82, 2.24) is 15.1 Å². The molecule has 110 valence electrons. The van der Waals surface area contributed by atoms with Crippen LogP contribution in [0.5, 0.6) is 0 Å². The maximum atomic E-state index is 10.6. The molecule has 1 N–H and O–H groups in total. The Bertz CT molecular complexity index is 652. The molecular formula is C14H14BrN3O3. The lowest BCUT2D eigenvalue weighted by atomic mass is 9.97. The first-order valence-corrected chi connectivity index (χ1v) is 7.42. The Labute approximate surface area is 129 Å². The van der Waals surface area contributed by atoms with Crippen LogP contribution in [0.15, 0.2) is 33.2 Å². The van der Waals surface area contributed by atoms with Crippen molar-refractivity contribution in [3.05, 3.63) is 34.6 Å². The molecule has 1 aromatic heterocycles. The van der Waals surface area contributed by atoms with Crippen LogP contribution in [0.4, 0.5) is 0 Å². The van der Waals surface area contributed by atoms with Crippen LogP contribution in [0.1, 0.15) is 12.3 Å². The van der Waals surface area contributed by atoms with E-state index in [-0.39, 0.29) is 12.3 Å². The molecule has 0 aliphatic carbocycles. The van der Waals surface area contributed by atoms with Crippen molar-refractivity contribution in [2.75, 3.05) is 13.1 Å². The second-order valence-corrected chi connectivity index (χ2v) is 5.99. The van der Waals surface area contributed by atoms with Gasteiger partial charge >= 0.3 is 5.97 Å². The van der Waals surface area contributed by atoms with Crippen LogP contribution in [0.25, 0.3) is 11.5 Å². The summed E-state index contributed by atoms with van der Waals surface area (Å²) in [6.45, 7) is 2.09. The summed E-state index contributed by atoms with van der Waals surface area (Å²) in [5, 5.41) is 16.8. The van der Waals surface area contributed by atoms with E-state index >= 15 is 0 Å². The predicted octanol–water partition coefficient (Wildman–Crippen LogP) is 2.41. The van der Waals surface area contributed by atoms with Gasteiger partial charge in [0.15, 0.2) is 0 Å². The summed E-state index contributed by atoms with van der Waals surface area (Å²) in [5.74, 6) is 0.524. The normalized spacial score (nSPS) is 15.9. The molecule has 21 heavy (non-hydrogen) atoms. The van der Waals surface area contributed by atoms with Gasteiger partial charge in [0.2, 0.25) is 11.8 Å². The van der Waals surface area contributed by atoms with E-state index in [0.717, 1.165) is 23.1 Å². The molecule has 1 saturated heterocycles. The lowest BCUT2D eigenvalue weighted by molar-refractivity contribution is -0.139. The van der Waals surface area contributed by atoms with Crippen LogP contribution in [0, 0.1) is 5.92 Å². The number of rotatable bonds is 5. The first kappa shape index (κ1) is 14.2. The molecule has 2 heterocycles. The highest BCUT2D eigenvalue weighted by Gasteiger charge is 2.29. The summed E-state index contributed by atoms with van der Waals surface area (Å²) < 4.78 is 6.57. The molecule has 7 heteroatoms. The van der Waals surface area contributed by atoms with Crippen LogP contribution in [0.3, 0.4) is 0 Å². The van der Waals surface area contributed by atoms with Crippen molar-refractivity contribution in [2.24, 2.45) is 5.92 Å². The molecule has 0 radical (unpaired) electrons. The Balaban J connectivity index is 1.60. The highest BCUT2D eigenvalue weighted by Crippen LogP contribution is 2.27. The van der Waals surface area contributed by atoms with E-state index in [4.69, 9.17) is 9.52 Å². The Morgan fingerprint density at radius 1 is 1.38 bits per heavy atom. The zero-order valence-corrected chi connectivity index (χ0v) is 12.8. The minimum Gasteiger partial charge on any atom is -0.481 e. The molecule has 0 unspecified atom stereocenters. The van der Waals surface area contributed by atoms with Crippen molar-refractivity contribution in [2.45, 2.75) is 13.0 Å². The summed E-state index contributed by atoms with van der Waals surface area (Å²) in [6.07, 6.45) is 0.225. The number of carbonyl (C=O) groups is 1. The molecule has 0 spiro atoms. The fourth-order valence-electron chi connectivity index (χ4n) is 2.43. The first-order chi connectivity index (χ1) is 10.1. The molecule has 1 aromatic carbocycles. The number of likely N-dealkylation sites (tertiary alicyclic amines) is 1. The number of benzene rings is 1. The van der Waals surface area contributed by atoms with Gasteiger partial charge in [-0.3, -0.25) is 9.69 Å². The van der Waals surface area contributed by atoms with Gasteiger partial charge in [-0.15, -0.1) is 10.2 Å². The van der Waals surface area contributed by atoms with E-state index in [1.165, 1.54) is 0 Å². The molecule has 2 aromatic rings. The van der Waals surface area contributed by atoms with E-state index in [1.807, 2.05) is 24.3 Å². The van der Waals surface area contributed by atoms with Gasteiger partial charge < -0.3 is 9.52 Å². The van der Waals surface area contributed by atoms with Crippen LogP contribution >= 0.6 is 15.9 Å². The number of aromatic nitrogens is 2. The Kier molecular flexibility index (Phi) is 4.03. The van der Waals surface area contributed by atoms with Crippen molar-refractivity contribution >= 4 is 21.9 Å². The predicted molar refractivity (Wildman–Crippen MR) is 78.5 cm³/mol. The van der Waals surface area contributed by atoms with Crippen molar-refractivity contribution < 1.29 is 14.3 Å². The summed E-state index contributed by atoms with van der Waals surface area (Å²) in [7, 11) is 0. The summed E-state index contributed by atoms with van der Waals surface area (Å²) in [5.41, 5.74) is 0.864. The van der Waals surface area contributed by atoms with E-state index in [2.05, 4.69) is 31.0 Å². The van der Waals surface area contributed by atoms with Gasteiger partial charge in [0, 0.05) is 17.6 Å². The maximum Gasteiger partial charge on any atom is 0.303 e. The smallest absolute Gasteiger partial charge is 0.303 e. The molecular weight excluding hydrogens is 338 g/mol. The van der Waals surface area contributed by atoms with E-state index in [1.54, 1.807) is 0 Å². The molecule has 0 saturated carbocycles. The van der Waals surface area contributed by atoms with Crippen LogP contribution in [0.2, 0.25) is 0 Å². The second kappa shape index (κ2) is 5.95. The zero-order chi connectivity index (χ0) is 14.8. The van der Waals surface area contributed by atoms with Gasteiger partial charge in [0.25, 0.3) is 0 Å². The van der Waals surface area contributed by atoms with Crippen LogP contribution < -0.4 is 0 Å². The summed E-state index contributed by atoms with van der Waals surface area (Å²) in [6, 6.07) is 7.67. The molecule has 3 rings (SSSR count). The van der Waals surface area contributed by atoms with Gasteiger partial charge in [0.05, 0.1) is 18.5 Å². The van der Waals surface area contributed by atoms with Crippen LogP contribution in [-0.2, 0) is 11.3 Å². The van der Waals surface area contributed by atoms with Gasteiger partial charge in [-0.25, -0.2) is 0 Å². The number of carboxylic acids is 1. The highest BCUT2D eigenvalue weighted by molar-refractivity contribution is 9.10.